The van der Waals surface area contributed by atoms with Crippen LogP contribution in [0.2, 0.25) is 0 Å². The van der Waals surface area contributed by atoms with E-state index in [2.05, 4.69) is 25.7 Å². The van der Waals surface area contributed by atoms with Gasteiger partial charge < -0.3 is 15.7 Å². The molecule has 1 aliphatic rings. The number of hydrogen-bond donors (Lipinski definition) is 3. The van der Waals surface area contributed by atoms with Gasteiger partial charge in [0.2, 0.25) is 0 Å². The number of piperazine rings is 1. The van der Waals surface area contributed by atoms with Crippen molar-refractivity contribution in [2.75, 3.05) is 44.2 Å². The summed E-state index contributed by atoms with van der Waals surface area (Å²) in [6, 6.07) is 5.79. The molecule has 0 spiro atoms. The molecule has 1 saturated heterocycles. The summed E-state index contributed by atoms with van der Waals surface area (Å²) in [6.45, 7) is 4.55. The van der Waals surface area contributed by atoms with Gasteiger partial charge in [-0.2, -0.15) is 0 Å². The van der Waals surface area contributed by atoms with E-state index in [1.54, 1.807) is 0 Å². The van der Waals surface area contributed by atoms with Crippen LogP contribution in [-0.2, 0) is 0 Å². The highest BCUT2D eigenvalue weighted by molar-refractivity contribution is 9.10. The van der Waals surface area contributed by atoms with Crippen LogP contribution in [0.15, 0.2) is 22.7 Å². The molecule has 1 aliphatic heterocycles. The van der Waals surface area contributed by atoms with Gasteiger partial charge in [-0.15, -0.1) is 0 Å². The van der Waals surface area contributed by atoms with Gasteiger partial charge in [0.05, 0.1) is 6.61 Å². The summed E-state index contributed by atoms with van der Waals surface area (Å²) in [4.78, 5) is 4.48. The molecular formula is C13H19BrN4O. The van der Waals surface area contributed by atoms with E-state index in [4.69, 9.17) is 16.2 Å². The minimum atomic E-state index is 0.0975. The first-order valence-corrected chi connectivity index (χ1v) is 7.13. The SMILES string of the molecule is N=C(N)c1ccc(Br)cc1N1CCN(CCO)CC1. The topological polar surface area (TPSA) is 76.6 Å². The maximum Gasteiger partial charge on any atom is 0.124 e. The lowest BCUT2D eigenvalue weighted by molar-refractivity contribution is 0.189. The van der Waals surface area contributed by atoms with E-state index in [1.807, 2.05) is 18.2 Å². The van der Waals surface area contributed by atoms with E-state index in [1.165, 1.54) is 0 Å². The molecule has 1 fully saturated rings. The maximum atomic E-state index is 8.95. The minimum absolute atomic E-state index is 0.0975. The monoisotopic (exact) mass is 326 g/mol. The van der Waals surface area contributed by atoms with Gasteiger partial charge in [0.1, 0.15) is 5.84 Å². The fraction of sp³-hybridized carbons (Fsp3) is 0.462. The molecule has 1 heterocycles. The Labute approximate surface area is 121 Å². The third-order valence-corrected chi connectivity index (χ3v) is 3.87. The summed E-state index contributed by atoms with van der Waals surface area (Å²) in [5, 5.41) is 16.6. The lowest BCUT2D eigenvalue weighted by atomic mass is 10.1. The van der Waals surface area contributed by atoms with Crippen molar-refractivity contribution in [3.8, 4) is 0 Å². The number of aliphatic hydroxyl groups is 1. The molecule has 0 atom stereocenters. The van der Waals surface area contributed by atoms with Crippen LogP contribution in [-0.4, -0.2) is 55.2 Å². The fourth-order valence-electron chi connectivity index (χ4n) is 2.35. The Morgan fingerprint density at radius 1 is 1.32 bits per heavy atom. The van der Waals surface area contributed by atoms with Crippen LogP contribution in [0, 0.1) is 5.41 Å². The smallest absolute Gasteiger partial charge is 0.124 e. The number of nitrogens with two attached hydrogens (primary N) is 1. The average Bonchev–Trinajstić information content (AvgIpc) is 2.39. The number of hydrogen-bond acceptors (Lipinski definition) is 4. The van der Waals surface area contributed by atoms with Gasteiger partial charge in [-0.25, -0.2) is 0 Å². The minimum Gasteiger partial charge on any atom is -0.395 e. The van der Waals surface area contributed by atoms with Crippen LogP contribution in [0.4, 0.5) is 5.69 Å². The molecule has 0 unspecified atom stereocenters. The van der Waals surface area contributed by atoms with Gasteiger partial charge >= 0.3 is 0 Å². The number of nitrogens with zero attached hydrogens (tertiary/aromatic N) is 2. The number of β-amino-alcohol motifs (C(OH)–C–C–N with tert-alkyl or cyclic N) is 1. The molecule has 0 aromatic heterocycles. The number of anilines is 1. The summed E-state index contributed by atoms with van der Waals surface area (Å²) in [6.07, 6.45) is 0. The first-order chi connectivity index (χ1) is 9.11. The molecule has 0 bridgehead atoms. The van der Waals surface area contributed by atoms with E-state index < -0.39 is 0 Å². The van der Waals surface area contributed by atoms with Crippen molar-refractivity contribution in [3.05, 3.63) is 28.2 Å². The maximum absolute atomic E-state index is 8.95. The van der Waals surface area contributed by atoms with Gasteiger partial charge in [0, 0.05) is 48.4 Å². The lowest BCUT2D eigenvalue weighted by Crippen LogP contribution is -2.47. The highest BCUT2D eigenvalue weighted by Gasteiger charge is 2.19. The molecule has 4 N–H and O–H groups in total. The number of benzene rings is 1. The average molecular weight is 327 g/mol. The fourth-order valence-corrected chi connectivity index (χ4v) is 2.70. The van der Waals surface area contributed by atoms with Crippen molar-refractivity contribution < 1.29 is 5.11 Å². The summed E-state index contributed by atoms with van der Waals surface area (Å²) in [7, 11) is 0. The van der Waals surface area contributed by atoms with E-state index in [9.17, 15) is 0 Å². The van der Waals surface area contributed by atoms with Crippen LogP contribution in [0.3, 0.4) is 0 Å². The van der Waals surface area contributed by atoms with Gasteiger partial charge in [-0.05, 0) is 18.2 Å². The predicted octanol–water partition coefficient (Wildman–Crippen LogP) is 0.847. The van der Waals surface area contributed by atoms with Crippen molar-refractivity contribution in [3.63, 3.8) is 0 Å². The second kappa shape index (κ2) is 6.36. The zero-order chi connectivity index (χ0) is 13.8. The molecule has 1 aromatic rings. The van der Waals surface area contributed by atoms with E-state index in [0.29, 0.717) is 0 Å². The van der Waals surface area contributed by atoms with Gasteiger partial charge in [-0.1, -0.05) is 15.9 Å². The van der Waals surface area contributed by atoms with Crippen LogP contribution < -0.4 is 10.6 Å². The number of nitrogen functional groups attached to an aromatic ring is 1. The number of nitrogens with one attached hydrogen (secondary N) is 1. The van der Waals surface area contributed by atoms with Crippen LogP contribution in [0.5, 0.6) is 0 Å². The van der Waals surface area contributed by atoms with E-state index in [0.717, 1.165) is 48.4 Å². The summed E-state index contributed by atoms with van der Waals surface area (Å²) in [5.41, 5.74) is 7.43. The third kappa shape index (κ3) is 3.46. The Hall–Kier alpha value is -1.11. The number of amidine groups is 1. The van der Waals surface area contributed by atoms with Crippen LogP contribution >= 0.6 is 15.9 Å². The molecule has 1 aromatic carbocycles. The zero-order valence-corrected chi connectivity index (χ0v) is 12.4. The molecule has 6 heteroatoms. The first kappa shape index (κ1) is 14.3. The Kier molecular flexibility index (Phi) is 4.79. The van der Waals surface area contributed by atoms with Crippen molar-refractivity contribution in [1.29, 1.82) is 5.41 Å². The summed E-state index contributed by atoms with van der Waals surface area (Å²) in [5.74, 6) is 0.0975. The second-order valence-electron chi connectivity index (χ2n) is 4.63. The second-order valence-corrected chi connectivity index (χ2v) is 5.54. The first-order valence-electron chi connectivity index (χ1n) is 6.34. The summed E-state index contributed by atoms with van der Waals surface area (Å²) < 4.78 is 0.991. The Morgan fingerprint density at radius 3 is 2.58 bits per heavy atom. The van der Waals surface area contributed by atoms with Crippen molar-refractivity contribution in [1.82, 2.24) is 4.90 Å². The molecular weight excluding hydrogens is 308 g/mol. The lowest BCUT2D eigenvalue weighted by Gasteiger charge is -2.36. The quantitative estimate of drug-likeness (QED) is 0.566. The van der Waals surface area contributed by atoms with Gasteiger partial charge in [0.25, 0.3) is 0 Å². The van der Waals surface area contributed by atoms with Gasteiger partial charge in [-0.3, -0.25) is 10.3 Å². The van der Waals surface area contributed by atoms with Crippen molar-refractivity contribution in [2.24, 2.45) is 5.73 Å². The highest BCUT2D eigenvalue weighted by Crippen LogP contribution is 2.26. The van der Waals surface area contributed by atoms with Crippen LogP contribution in [0.1, 0.15) is 5.56 Å². The third-order valence-electron chi connectivity index (χ3n) is 3.38. The molecule has 2 rings (SSSR count). The predicted molar refractivity (Wildman–Crippen MR) is 80.9 cm³/mol. The molecule has 0 aliphatic carbocycles. The van der Waals surface area contributed by atoms with E-state index in [-0.39, 0.29) is 12.4 Å². The standard InChI is InChI=1S/C13H19BrN4O/c14-10-1-2-11(13(15)16)12(9-10)18-5-3-17(4-6-18)7-8-19/h1-2,9,19H,3-8H2,(H3,15,16). The van der Waals surface area contributed by atoms with E-state index >= 15 is 0 Å². The van der Waals surface area contributed by atoms with Crippen LogP contribution in [0.25, 0.3) is 0 Å². The molecule has 19 heavy (non-hydrogen) atoms. The number of aliphatic hydroxyl groups excluding tert-OH is 1. The van der Waals surface area contributed by atoms with Crippen molar-refractivity contribution >= 4 is 27.5 Å². The number of rotatable bonds is 4. The van der Waals surface area contributed by atoms with Gasteiger partial charge in [0.15, 0.2) is 0 Å². The molecule has 0 radical (unpaired) electrons. The Balaban J connectivity index is 2.14. The zero-order valence-electron chi connectivity index (χ0n) is 10.8. The van der Waals surface area contributed by atoms with Crippen molar-refractivity contribution in [2.45, 2.75) is 0 Å². The number of halogens is 1. The Morgan fingerprint density at radius 2 is 2.00 bits per heavy atom. The molecule has 5 nitrogen and oxygen atoms in total. The normalized spacial score (nSPS) is 16.6. The molecule has 0 amide bonds. The largest absolute Gasteiger partial charge is 0.395 e. The molecule has 104 valence electrons. The summed E-state index contributed by atoms with van der Waals surface area (Å²) >= 11 is 3.47. The Bertz CT molecular complexity index is 458. The molecule has 0 saturated carbocycles. The highest BCUT2D eigenvalue weighted by atomic mass is 79.9.